The van der Waals surface area contributed by atoms with E-state index in [-0.39, 0.29) is 22.8 Å². The minimum absolute atomic E-state index is 0.0438. The summed E-state index contributed by atoms with van der Waals surface area (Å²) in [5, 5.41) is 11.0. The highest BCUT2D eigenvalue weighted by Gasteiger charge is 2.21. The molecule has 0 aliphatic carbocycles. The van der Waals surface area contributed by atoms with Crippen molar-refractivity contribution in [2.24, 2.45) is 0 Å². The van der Waals surface area contributed by atoms with Gasteiger partial charge in [-0.25, -0.2) is 0 Å². The van der Waals surface area contributed by atoms with Crippen LogP contribution in [0.25, 0.3) is 0 Å². The lowest BCUT2D eigenvalue weighted by molar-refractivity contribution is -0.386. The molecular weight excluding hydrogens is 230 g/mol. The van der Waals surface area contributed by atoms with E-state index in [1.807, 2.05) is 32.9 Å². The molecule has 0 aliphatic heterocycles. The van der Waals surface area contributed by atoms with E-state index >= 15 is 0 Å². The van der Waals surface area contributed by atoms with Gasteiger partial charge in [0.25, 0.3) is 5.69 Å². The molecule has 1 aromatic carbocycles. The van der Waals surface area contributed by atoms with Gasteiger partial charge in [-0.2, -0.15) is 0 Å². The van der Waals surface area contributed by atoms with Crippen LogP contribution in [0.5, 0.6) is 0 Å². The van der Waals surface area contributed by atoms with Crippen LogP contribution in [0.3, 0.4) is 0 Å². The van der Waals surface area contributed by atoms with Gasteiger partial charge in [-0.3, -0.25) is 10.1 Å². The van der Waals surface area contributed by atoms with Crippen molar-refractivity contribution in [1.82, 2.24) is 0 Å². The molecule has 0 aliphatic rings. The van der Waals surface area contributed by atoms with Crippen molar-refractivity contribution in [2.45, 2.75) is 52.7 Å². The van der Waals surface area contributed by atoms with Gasteiger partial charge < -0.3 is 4.74 Å². The molecule has 0 saturated carbocycles. The topological polar surface area (TPSA) is 52.4 Å². The molecule has 0 bridgehead atoms. The summed E-state index contributed by atoms with van der Waals surface area (Å²) in [6.45, 7) is 9.84. The Morgan fingerprint density at radius 3 is 2.22 bits per heavy atom. The van der Waals surface area contributed by atoms with Gasteiger partial charge in [-0.1, -0.05) is 19.9 Å². The van der Waals surface area contributed by atoms with Crippen molar-refractivity contribution < 1.29 is 9.66 Å². The fraction of sp³-hybridized carbons (Fsp3) is 0.571. The minimum atomic E-state index is -0.348. The van der Waals surface area contributed by atoms with Crippen LogP contribution in [0, 0.1) is 10.1 Å². The first-order valence-electron chi connectivity index (χ1n) is 6.26. The summed E-state index contributed by atoms with van der Waals surface area (Å²) in [6, 6.07) is 5.27. The fourth-order valence-corrected chi connectivity index (χ4v) is 1.91. The summed E-state index contributed by atoms with van der Waals surface area (Å²) in [6.07, 6.45) is -0.230. The Balaban J connectivity index is 3.18. The van der Waals surface area contributed by atoms with Crippen LogP contribution in [-0.2, 0) is 4.74 Å². The van der Waals surface area contributed by atoms with Gasteiger partial charge in [-0.05, 0) is 38.3 Å². The van der Waals surface area contributed by atoms with Crippen molar-refractivity contribution in [3.05, 3.63) is 39.4 Å². The Hall–Kier alpha value is -1.42. The van der Waals surface area contributed by atoms with Crippen molar-refractivity contribution in [1.29, 1.82) is 0 Å². The number of rotatable bonds is 5. The molecule has 100 valence electrons. The van der Waals surface area contributed by atoms with E-state index in [0.29, 0.717) is 11.5 Å². The summed E-state index contributed by atoms with van der Waals surface area (Å²) in [5.41, 5.74) is 1.88. The molecule has 1 atom stereocenters. The summed E-state index contributed by atoms with van der Waals surface area (Å²) < 4.78 is 5.66. The fourth-order valence-electron chi connectivity index (χ4n) is 1.91. The van der Waals surface area contributed by atoms with E-state index in [4.69, 9.17) is 4.74 Å². The highest BCUT2D eigenvalue weighted by Crippen LogP contribution is 2.31. The number of nitrogens with zero attached hydrogens (tertiary/aromatic N) is 1. The average Bonchev–Trinajstić information content (AvgIpc) is 2.26. The number of ether oxygens (including phenoxy) is 1. The zero-order chi connectivity index (χ0) is 13.9. The standard InChI is InChI=1S/C14H21NO3/c1-9(2)12-6-7-14(15(16)17)13(8-12)11(5)18-10(3)4/h6-11H,1-5H3. The van der Waals surface area contributed by atoms with Crippen LogP contribution in [0.1, 0.15) is 57.8 Å². The third-order valence-electron chi connectivity index (χ3n) is 2.83. The molecule has 0 spiro atoms. The van der Waals surface area contributed by atoms with Gasteiger partial charge in [0, 0.05) is 6.07 Å². The van der Waals surface area contributed by atoms with Crippen LogP contribution in [0.15, 0.2) is 18.2 Å². The molecule has 0 amide bonds. The number of nitro groups is 1. The highest BCUT2D eigenvalue weighted by atomic mass is 16.6. The van der Waals surface area contributed by atoms with E-state index in [1.165, 1.54) is 0 Å². The molecule has 0 aromatic heterocycles. The second kappa shape index (κ2) is 5.96. The van der Waals surface area contributed by atoms with Gasteiger partial charge in [0.15, 0.2) is 0 Å². The highest BCUT2D eigenvalue weighted by molar-refractivity contribution is 5.45. The maximum absolute atomic E-state index is 11.0. The number of hydrogen-bond donors (Lipinski definition) is 0. The molecule has 0 N–H and O–H groups in total. The van der Waals surface area contributed by atoms with Crippen LogP contribution in [0.2, 0.25) is 0 Å². The molecule has 0 saturated heterocycles. The zero-order valence-corrected chi connectivity index (χ0v) is 11.6. The molecule has 18 heavy (non-hydrogen) atoms. The predicted octanol–water partition coefficient (Wildman–Crippen LogP) is 4.20. The normalized spacial score (nSPS) is 13.1. The number of benzene rings is 1. The monoisotopic (exact) mass is 251 g/mol. The minimum Gasteiger partial charge on any atom is -0.371 e. The third-order valence-corrected chi connectivity index (χ3v) is 2.83. The molecule has 4 nitrogen and oxygen atoms in total. The zero-order valence-electron chi connectivity index (χ0n) is 11.6. The summed E-state index contributed by atoms with van der Waals surface area (Å²) in [7, 11) is 0. The van der Waals surface area contributed by atoms with Gasteiger partial charge >= 0.3 is 0 Å². The van der Waals surface area contributed by atoms with Gasteiger partial charge in [-0.15, -0.1) is 0 Å². The number of hydrogen-bond acceptors (Lipinski definition) is 3. The average molecular weight is 251 g/mol. The molecule has 0 fully saturated rings. The van der Waals surface area contributed by atoms with Crippen molar-refractivity contribution >= 4 is 5.69 Å². The Kier molecular flexibility index (Phi) is 4.84. The Morgan fingerprint density at radius 1 is 1.17 bits per heavy atom. The second-order valence-electron chi connectivity index (χ2n) is 5.06. The van der Waals surface area contributed by atoms with Crippen LogP contribution in [0.4, 0.5) is 5.69 Å². The molecule has 4 heteroatoms. The van der Waals surface area contributed by atoms with Crippen LogP contribution >= 0.6 is 0 Å². The first-order valence-corrected chi connectivity index (χ1v) is 6.26. The van der Waals surface area contributed by atoms with Gasteiger partial charge in [0.1, 0.15) is 0 Å². The van der Waals surface area contributed by atoms with E-state index in [1.54, 1.807) is 6.07 Å². The number of nitro benzene ring substituents is 1. The third kappa shape index (κ3) is 3.53. The summed E-state index contributed by atoms with van der Waals surface area (Å²) in [5.74, 6) is 0.343. The molecule has 1 aromatic rings. The van der Waals surface area contributed by atoms with E-state index in [9.17, 15) is 10.1 Å². The van der Waals surface area contributed by atoms with Gasteiger partial charge in [0.2, 0.25) is 0 Å². The molecule has 1 rings (SSSR count). The van der Waals surface area contributed by atoms with E-state index in [2.05, 4.69) is 13.8 Å². The lowest BCUT2D eigenvalue weighted by atomic mass is 9.97. The van der Waals surface area contributed by atoms with E-state index < -0.39 is 0 Å². The van der Waals surface area contributed by atoms with Crippen molar-refractivity contribution in [2.75, 3.05) is 0 Å². The first kappa shape index (κ1) is 14.6. The largest absolute Gasteiger partial charge is 0.371 e. The Bertz CT molecular complexity index is 427. The maximum Gasteiger partial charge on any atom is 0.275 e. The summed E-state index contributed by atoms with van der Waals surface area (Å²) in [4.78, 5) is 10.7. The second-order valence-corrected chi connectivity index (χ2v) is 5.06. The van der Waals surface area contributed by atoms with Crippen molar-refractivity contribution in [3.63, 3.8) is 0 Å². The van der Waals surface area contributed by atoms with E-state index in [0.717, 1.165) is 5.56 Å². The Morgan fingerprint density at radius 2 is 1.78 bits per heavy atom. The lowest BCUT2D eigenvalue weighted by Gasteiger charge is -2.18. The first-order chi connectivity index (χ1) is 8.32. The van der Waals surface area contributed by atoms with Crippen molar-refractivity contribution in [3.8, 4) is 0 Å². The molecule has 0 heterocycles. The van der Waals surface area contributed by atoms with Gasteiger partial charge in [0.05, 0.1) is 22.7 Å². The maximum atomic E-state index is 11.0. The quantitative estimate of drug-likeness (QED) is 0.582. The SMILES string of the molecule is CC(C)OC(C)c1cc(C(C)C)ccc1[N+](=O)[O-]. The predicted molar refractivity (Wildman–Crippen MR) is 71.8 cm³/mol. The van der Waals surface area contributed by atoms with Crippen LogP contribution in [-0.4, -0.2) is 11.0 Å². The van der Waals surface area contributed by atoms with Crippen LogP contribution < -0.4 is 0 Å². The Labute approximate surface area is 108 Å². The molecular formula is C14H21NO3. The summed E-state index contributed by atoms with van der Waals surface area (Å²) >= 11 is 0. The molecule has 0 radical (unpaired) electrons. The smallest absolute Gasteiger partial charge is 0.275 e. The lowest BCUT2D eigenvalue weighted by Crippen LogP contribution is -2.10. The molecule has 1 unspecified atom stereocenters.